The molecule has 6 aromatic carbocycles. The van der Waals surface area contributed by atoms with Gasteiger partial charge in [0, 0.05) is 95.1 Å². The number of urea groups is 1. The third-order valence-electron chi connectivity index (χ3n) is 14.7. The van der Waals surface area contributed by atoms with E-state index in [2.05, 4.69) is 30.0 Å². The minimum atomic E-state index is -4.01. The van der Waals surface area contributed by atoms with E-state index >= 15 is 0 Å². The summed E-state index contributed by atoms with van der Waals surface area (Å²) in [6, 6.07) is 23.5. The summed E-state index contributed by atoms with van der Waals surface area (Å²) < 4.78 is 58.2. The van der Waals surface area contributed by atoms with Crippen LogP contribution in [0.5, 0.6) is 0 Å². The maximum atomic E-state index is 14.3. The summed E-state index contributed by atoms with van der Waals surface area (Å²) in [5.74, 6) is -1.74. The van der Waals surface area contributed by atoms with Gasteiger partial charge in [-0.05, 0) is 149 Å². The molecule has 2 aromatic heterocycles. The highest BCUT2D eigenvalue weighted by atomic mass is 35.5. The van der Waals surface area contributed by atoms with Crippen molar-refractivity contribution in [1.29, 1.82) is 0 Å². The van der Waals surface area contributed by atoms with Gasteiger partial charge in [0.15, 0.2) is 0 Å². The molecule has 2 aliphatic rings. The van der Waals surface area contributed by atoms with E-state index in [0.717, 1.165) is 0 Å². The molecule has 10 rings (SSSR count). The van der Waals surface area contributed by atoms with Crippen LogP contribution < -0.4 is 29.9 Å². The summed E-state index contributed by atoms with van der Waals surface area (Å²) in [6.45, 7) is 1.85. The number of aromatic nitrogens is 2. The largest absolute Gasteiger partial charge is 0.351 e. The molecule has 2 aliphatic heterocycles. The number of halogens is 2. The molecule has 82 heavy (non-hydrogen) atoms. The summed E-state index contributed by atoms with van der Waals surface area (Å²) in [4.78, 5) is 78.7. The first-order valence-electron chi connectivity index (χ1n) is 25.9. The quantitative estimate of drug-likeness (QED) is 0.0180. The minimum Gasteiger partial charge on any atom is -0.351 e. The summed E-state index contributed by atoms with van der Waals surface area (Å²) in [5, 5.41) is 32.9. The van der Waals surface area contributed by atoms with Crippen molar-refractivity contribution in [3.63, 3.8) is 0 Å². The number of benzene rings is 6. The van der Waals surface area contributed by atoms with E-state index in [4.69, 9.17) is 23.2 Å². The predicted octanol–water partition coefficient (Wildman–Crippen LogP) is 8.84. The number of amides is 4. The number of nitro groups is 2. The maximum absolute atomic E-state index is 14.3. The van der Waals surface area contributed by atoms with Crippen molar-refractivity contribution >= 4 is 139 Å². The Labute approximate surface area is 480 Å². The van der Waals surface area contributed by atoms with E-state index in [1.165, 1.54) is 58.3 Å². The van der Waals surface area contributed by atoms with Gasteiger partial charge in [0.25, 0.3) is 23.2 Å². The minimum absolute atomic E-state index is 0.0666. The fourth-order valence-electron chi connectivity index (χ4n) is 10.8. The lowest BCUT2D eigenvalue weighted by atomic mass is 9.95. The van der Waals surface area contributed by atoms with Crippen LogP contribution in [0.4, 0.5) is 38.9 Å². The Hall–Kier alpha value is -7.75. The molecule has 0 saturated heterocycles. The first-order chi connectivity index (χ1) is 39.0. The van der Waals surface area contributed by atoms with Crippen molar-refractivity contribution in [1.82, 2.24) is 29.2 Å². The van der Waals surface area contributed by atoms with E-state index in [1.54, 1.807) is 48.5 Å². The third kappa shape index (κ3) is 11.3. The molecule has 0 spiro atoms. The van der Waals surface area contributed by atoms with Crippen LogP contribution in [0.2, 0.25) is 0 Å². The average Bonchev–Trinajstić information content (AvgIpc) is 4.40. The third-order valence-corrected chi connectivity index (χ3v) is 18.3. The number of sulfonamides is 2. The number of hydrogen-bond donors (Lipinski definition) is 6. The average molecular weight is 1200 g/mol. The highest BCUT2D eigenvalue weighted by molar-refractivity contribution is 7.89. The van der Waals surface area contributed by atoms with Crippen LogP contribution >= 0.6 is 23.2 Å². The van der Waals surface area contributed by atoms with Crippen LogP contribution in [0.1, 0.15) is 56.8 Å². The van der Waals surface area contributed by atoms with Gasteiger partial charge in [0.05, 0.1) is 41.8 Å². The van der Waals surface area contributed by atoms with E-state index in [0.29, 0.717) is 81.0 Å². The van der Waals surface area contributed by atoms with Gasteiger partial charge in [0.1, 0.15) is 11.4 Å². The number of nitrogens with one attached hydrogen (secondary N) is 6. The zero-order valence-electron chi connectivity index (χ0n) is 44.7. The number of fused-ring (bicyclic) bond motifs is 8. The molecule has 27 heteroatoms. The number of alkyl halides is 2. The lowest BCUT2D eigenvalue weighted by molar-refractivity contribution is -0.383. The summed E-state index contributed by atoms with van der Waals surface area (Å²) in [7, 11) is -0.511. The van der Waals surface area contributed by atoms with Gasteiger partial charge in [0.2, 0.25) is 20.0 Å². The Kier molecular flexibility index (Phi) is 16.0. The fourth-order valence-corrected chi connectivity index (χ4v) is 13.5. The van der Waals surface area contributed by atoms with E-state index in [9.17, 15) is 51.4 Å². The van der Waals surface area contributed by atoms with Crippen molar-refractivity contribution in [3.8, 4) is 0 Å². The lowest BCUT2D eigenvalue weighted by Crippen LogP contribution is -2.30. The van der Waals surface area contributed by atoms with Gasteiger partial charge < -0.3 is 40.2 Å². The van der Waals surface area contributed by atoms with Crippen LogP contribution in [0.25, 0.3) is 43.4 Å². The Morgan fingerprint density at radius 1 is 0.585 bits per heavy atom. The molecule has 23 nitrogen and oxygen atoms in total. The van der Waals surface area contributed by atoms with Gasteiger partial charge >= 0.3 is 6.03 Å². The zero-order chi connectivity index (χ0) is 58.5. The standard InChI is InChI=1S/C55H56Cl2N12O11S2/c1-64(2)17-5-15-58-81(77,78)37-9-11-39-41(23-37)47(68(73)74)25-49-51(39)33(27-56)29-66(49)53(70)45-21-31-19-35(7-13-43(31)62-45)60-55(72)61-36-8-14-44-32(20-36)22-46(63-44)54(71)67-30-34(28-57)52-40-12-10-38(82(79,80)59-16-6-18-65(3)4)24-42(40)48(69(75)76)26-50(52)67/h7-14,19-26,33-34,58-59,62-63H,5-6,15-18,27-30H2,1-4H3,(H2,60,61,72). The molecule has 4 heterocycles. The number of hydrogen-bond acceptors (Lipinski definition) is 13. The number of nitro benzene ring substituents is 2. The topological polar surface area (TPSA) is 298 Å². The molecule has 0 fully saturated rings. The van der Waals surface area contributed by atoms with E-state index in [-0.39, 0.29) is 92.6 Å². The maximum Gasteiger partial charge on any atom is 0.323 e. The Balaban J connectivity index is 0.836. The van der Waals surface area contributed by atoms with Gasteiger partial charge in [-0.1, -0.05) is 12.1 Å². The summed E-state index contributed by atoms with van der Waals surface area (Å²) in [6.07, 6.45) is 1.11. The molecule has 6 N–H and O–H groups in total. The summed E-state index contributed by atoms with van der Waals surface area (Å²) >= 11 is 13.0. The highest BCUT2D eigenvalue weighted by Gasteiger charge is 2.39. The van der Waals surface area contributed by atoms with E-state index < -0.39 is 59.6 Å². The molecule has 0 bridgehead atoms. The number of rotatable bonds is 20. The normalized spacial score (nSPS) is 15.3. The van der Waals surface area contributed by atoms with Crippen molar-refractivity contribution in [2.24, 2.45) is 0 Å². The molecule has 428 valence electrons. The number of anilines is 4. The van der Waals surface area contributed by atoms with Gasteiger partial charge in [-0.25, -0.2) is 31.1 Å². The monoisotopic (exact) mass is 1190 g/mol. The number of H-pyrrole nitrogens is 2. The van der Waals surface area contributed by atoms with Gasteiger partial charge in [-0.2, -0.15) is 0 Å². The molecule has 0 radical (unpaired) electrons. The van der Waals surface area contributed by atoms with Crippen LogP contribution in [-0.2, 0) is 20.0 Å². The molecular formula is C55H56Cl2N12O11S2. The SMILES string of the molecule is CN(C)CCCNS(=O)(=O)c1ccc2c3c(cc([N+](=O)[O-])c2c1)N(C(=O)c1cc2cc(NC(=O)Nc4ccc5[nH]c(C(=O)N6CC(CCl)c7c6cc([N+](=O)[O-])c6cc(S(=O)(=O)NCCCN(C)C)ccc76)cc5c4)ccc2[nH]1)CC3CCl. The Bertz CT molecular complexity index is 3910. The smallest absolute Gasteiger partial charge is 0.323 e. The second-order valence-corrected chi connectivity index (χ2v) is 24.9. The van der Waals surface area contributed by atoms with Crippen molar-refractivity contribution in [2.45, 2.75) is 34.5 Å². The van der Waals surface area contributed by atoms with E-state index in [1.807, 2.05) is 38.0 Å². The Morgan fingerprint density at radius 3 is 1.35 bits per heavy atom. The Morgan fingerprint density at radius 2 is 0.988 bits per heavy atom. The molecule has 2 atom stereocenters. The van der Waals surface area contributed by atoms with Crippen molar-refractivity contribution in [3.05, 3.63) is 140 Å². The number of aromatic amines is 2. The van der Waals surface area contributed by atoms with Crippen molar-refractivity contribution < 1.29 is 41.1 Å². The number of non-ortho nitro benzene ring substituents is 2. The van der Waals surface area contributed by atoms with Crippen LogP contribution in [0.15, 0.2) is 107 Å². The van der Waals surface area contributed by atoms with Crippen LogP contribution in [0.3, 0.4) is 0 Å². The summed E-state index contributed by atoms with van der Waals surface area (Å²) in [5.41, 5.74) is 3.15. The first-order valence-corrected chi connectivity index (χ1v) is 30.0. The number of carbonyl (C=O) groups is 3. The van der Waals surface area contributed by atoms with Crippen LogP contribution in [0, 0.1) is 20.2 Å². The molecule has 8 aromatic rings. The number of nitrogens with zero attached hydrogens (tertiary/aromatic N) is 6. The second-order valence-electron chi connectivity index (χ2n) is 20.8. The molecule has 2 unspecified atom stereocenters. The molecule has 0 aliphatic carbocycles. The van der Waals surface area contributed by atoms with Crippen molar-refractivity contribution in [2.75, 3.05) is 99.7 Å². The zero-order valence-corrected chi connectivity index (χ0v) is 47.9. The molecule has 0 saturated carbocycles. The highest BCUT2D eigenvalue weighted by Crippen LogP contribution is 2.48. The molecular weight excluding hydrogens is 1140 g/mol. The second kappa shape index (κ2) is 22.9. The number of carbonyl (C=O) groups excluding carboxylic acids is 3. The predicted molar refractivity (Wildman–Crippen MR) is 317 cm³/mol. The van der Waals surface area contributed by atoms with Crippen LogP contribution in [-0.4, -0.2) is 144 Å². The first kappa shape index (κ1) is 57.5. The fraction of sp³-hybridized carbons (Fsp3) is 0.291. The molecule has 4 amide bonds. The van der Waals surface area contributed by atoms with Gasteiger partial charge in [-0.15, -0.1) is 23.2 Å². The lowest BCUT2D eigenvalue weighted by Gasteiger charge is -2.17. The van der Waals surface area contributed by atoms with Gasteiger partial charge in [-0.3, -0.25) is 29.8 Å².